The smallest absolute Gasteiger partial charge is 0.0619 e. The quantitative estimate of drug-likeness (QED) is 0.203. The number of rotatable bonds is 3. The zero-order valence-electron chi connectivity index (χ0n) is 25.4. The number of aromatic nitrogens is 1. The van der Waals surface area contributed by atoms with Crippen molar-refractivity contribution in [2.24, 2.45) is 0 Å². The molecule has 9 rings (SSSR count). The number of hydrogen-bond acceptors (Lipinski definition) is 1. The van der Waals surface area contributed by atoms with E-state index in [1.165, 1.54) is 71.9 Å². The lowest BCUT2D eigenvalue weighted by Gasteiger charge is -2.42. The molecule has 214 valence electrons. The Morgan fingerprint density at radius 3 is 1.93 bits per heavy atom. The number of para-hydroxylation sites is 2. The number of benzene rings is 7. The molecule has 0 bridgehead atoms. The van der Waals surface area contributed by atoms with Gasteiger partial charge in [0.1, 0.15) is 0 Å². The summed E-state index contributed by atoms with van der Waals surface area (Å²) >= 11 is 0. The van der Waals surface area contributed by atoms with Gasteiger partial charge in [0.2, 0.25) is 0 Å². The van der Waals surface area contributed by atoms with E-state index in [-0.39, 0.29) is 5.41 Å². The average molecular weight is 577 g/mol. The van der Waals surface area contributed by atoms with Crippen molar-refractivity contribution in [3.63, 3.8) is 0 Å². The molecule has 0 saturated heterocycles. The Kier molecular flexibility index (Phi) is 5.58. The molecule has 0 radical (unpaired) electrons. The first kappa shape index (κ1) is 25.9. The lowest BCUT2D eigenvalue weighted by Crippen LogP contribution is -2.30. The maximum atomic E-state index is 2.48. The zero-order chi connectivity index (χ0) is 30.1. The second-order valence-corrected chi connectivity index (χ2v) is 12.6. The van der Waals surface area contributed by atoms with Crippen LogP contribution in [0.4, 0.5) is 17.1 Å². The molecule has 1 aliphatic rings. The Morgan fingerprint density at radius 1 is 0.467 bits per heavy atom. The minimum Gasteiger partial charge on any atom is -0.310 e. The lowest BCUT2D eigenvalue weighted by atomic mass is 9.72. The Balaban J connectivity index is 1.38. The van der Waals surface area contributed by atoms with E-state index >= 15 is 0 Å². The molecule has 0 fully saturated rings. The molecule has 1 aliphatic heterocycles. The van der Waals surface area contributed by atoms with Crippen molar-refractivity contribution in [3.05, 3.63) is 169 Å². The maximum Gasteiger partial charge on any atom is 0.0619 e. The van der Waals surface area contributed by atoms with Gasteiger partial charge in [-0.05, 0) is 70.1 Å². The topological polar surface area (TPSA) is 8.17 Å². The summed E-state index contributed by atoms with van der Waals surface area (Å²) in [7, 11) is 0. The van der Waals surface area contributed by atoms with Gasteiger partial charge in [-0.25, -0.2) is 0 Å². The van der Waals surface area contributed by atoms with Gasteiger partial charge in [-0.1, -0.05) is 129 Å². The largest absolute Gasteiger partial charge is 0.310 e. The van der Waals surface area contributed by atoms with Crippen LogP contribution in [0.5, 0.6) is 0 Å². The number of fused-ring (bicyclic) bond motifs is 8. The highest BCUT2D eigenvalue weighted by molar-refractivity contribution is 6.21. The Morgan fingerprint density at radius 2 is 1.13 bits per heavy atom. The van der Waals surface area contributed by atoms with Crippen LogP contribution < -0.4 is 4.90 Å². The van der Waals surface area contributed by atoms with E-state index in [4.69, 9.17) is 0 Å². The third-order valence-electron chi connectivity index (χ3n) is 9.73. The monoisotopic (exact) mass is 576 g/mol. The molecule has 0 N–H and O–H groups in total. The SMILES string of the molecule is CC1(C)c2ccccc2N(c2ccc(-c3ccccc3)cc2)c2ccc3c(c21)c1ccc2ccccc2c1n3-c1ccccc1. The predicted molar refractivity (Wildman–Crippen MR) is 191 cm³/mol. The summed E-state index contributed by atoms with van der Waals surface area (Å²) in [5, 5.41) is 5.13. The van der Waals surface area contributed by atoms with Crippen molar-refractivity contribution in [2.45, 2.75) is 19.3 Å². The van der Waals surface area contributed by atoms with Crippen LogP contribution in [0.1, 0.15) is 25.0 Å². The Labute approximate surface area is 263 Å². The summed E-state index contributed by atoms with van der Waals surface area (Å²) in [6.07, 6.45) is 0. The van der Waals surface area contributed by atoms with Gasteiger partial charge in [0.25, 0.3) is 0 Å². The Hall–Kier alpha value is -5.60. The Bertz CT molecular complexity index is 2380. The molecular weight excluding hydrogens is 544 g/mol. The summed E-state index contributed by atoms with van der Waals surface area (Å²) < 4.78 is 2.48. The first-order chi connectivity index (χ1) is 22.1. The molecule has 0 unspecified atom stereocenters. The molecule has 1 aromatic heterocycles. The molecule has 0 saturated carbocycles. The second kappa shape index (κ2) is 9.70. The molecule has 0 amide bonds. The van der Waals surface area contributed by atoms with E-state index in [9.17, 15) is 0 Å². The van der Waals surface area contributed by atoms with Crippen LogP contribution in [0.15, 0.2) is 158 Å². The van der Waals surface area contributed by atoms with Crippen molar-refractivity contribution in [1.82, 2.24) is 4.57 Å². The fourth-order valence-electron chi connectivity index (χ4n) is 7.70. The van der Waals surface area contributed by atoms with Gasteiger partial charge in [0, 0.05) is 32.9 Å². The van der Waals surface area contributed by atoms with Crippen molar-refractivity contribution >= 4 is 49.6 Å². The molecule has 2 nitrogen and oxygen atoms in total. The lowest BCUT2D eigenvalue weighted by molar-refractivity contribution is 0.638. The molecule has 45 heavy (non-hydrogen) atoms. The van der Waals surface area contributed by atoms with Crippen LogP contribution in [0.25, 0.3) is 49.4 Å². The second-order valence-electron chi connectivity index (χ2n) is 12.6. The number of anilines is 3. The molecule has 2 heterocycles. The molecule has 2 heteroatoms. The first-order valence-electron chi connectivity index (χ1n) is 15.7. The number of nitrogens with zero attached hydrogens (tertiary/aromatic N) is 2. The van der Waals surface area contributed by atoms with Gasteiger partial charge in [-0.3, -0.25) is 0 Å². The molecule has 0 aliphatic carbocycles. The molecule has 8 aromatic rings. The summed E-state index contributed by atoms with van der Waals surface area (Å²) in [6, 6.07) is 57.5. The van der Waals surface area contributed by atoms with Gasteiger partial charge in [0.05, 0.1) is 22.4 Å². The standard InChI is InChI=1S/C43H32N2/c1-43(2)36-19-11-12-20-37(36)44(33-24-21-30(22-25-33)29-13-5-3-6-14-29)39-28-27-38-40(41(39)43)35-26-23-31-15-9-10-18-34(31)42(35)45(38)32-16-7-4-8-17-32/h3-28H,1-2H3. The van der Waals surface area contributed by atoms with Crippen molar-refractivity contribution in [3.8, 4) is 16.8 Å². The summed E-state index contributed by atoms with van der Waals surface area (Å²) in [6.45, 7) is 4.79. The van der Waals surface area contributed by atoms with E-state index in [1.54, 1.807) is 0 Å². The highest BCUT2D eigenvalue weighted by Crippen LogP contribution is 2.55. The van der Waals surface area contributed by atoms with Crippen LogP contribution in [0, 0.1) is 0 Å². The summed E-state index contributed by atoms with van der Waals surface area (Å²) in [5.74, 6) is 0. The van der Waals surface area contributed by atoms with Crippen LogP contribution in [-0.4, -0.2) is 4.57 Å². The predicted octanol–water partition coefficient (Wildman–Crippen LogP) is 11.7. The van der Waals surface area contributed by atoms with E-state index in [2.05, 4.69) is 181 Å². The van der Waals surface area contributed by atoms with Crippen LogP contribution in [0.3, 0.4) is 0 Å². The fraction of sp³-hybridized carbons (Fsp3) is 0.0698. The average Bonchev–Trinajstić information content (AvgIpc) is 3.44. The molecule has 0 spiro atoms. The first-order valence-corrected chi connectivity index (χ1v) is 15.7. The fourth-order valence-corrected chi connectivity index (χ4v) is 7.70. The van der Waals surface area contributed by atoms with Gasteiger partial charge in [0.15, 0.2) is 0 Å². The van der Waals surface area contributed by atoms with E-state index < -0.39 is 0 Å². The third kappa shape index (κ3) is 3.76. The third-order valence-corrected chi connectivity index (χ3v) is 9.73. The van der Waals surface area contributed by atoms with Gasteiger partial charge in [-0.15, -0.1) is 0 Å². The molecule has 7 aromatic carbocycles. The molecular formula is C43H32N2. The summed E-state index contributed by atoms with van der Waals surface area (Å²) in [5.41, 5.74) is 12.2. The van der Waals surface area contributed by atoms with Crippen molar-refractivity contribution < 1.29 is 0 Å². The van der Waals surface area contributed by atoms with E-state index in [0.717, 1.165) is 5.69 Å². The maximum absolute atomic E-state index is 2.48. The van der Waals surface area contributed by atoms with Crippen molar-refractivity contribution in [1.29, 1.82) is 0 Å². The highest BCUT2D eigenvalue weighted by Gasteiger charge is 2.39. The van der Waals surface area contributed by atoms with Gasteiger partial charge < -0.3 is 9.47 Å². The van der Waals surface area contributed by atoms with Crippen molar-refractivity contribution in [2.75, 3.05) is 4.90 Å². The van der Waals surface area contributed by atoms with E-state index in [0.29, 0.717) is 0 Å². The minimum atomic E-state index is -0.229. The van der Waals surface area contributed by atoms with Crippen LogP contribution in [-0.2, 0) is 5.41 Å². The minimum absolute atomic E-state index is 0.229. The highest BCUT2D eigenvalue weighted by atomic mass is 15.2. The number of hydrogen-bond donors (Lipinski definition) is 0. The zero-order valence-corrected chi connectivity index (χ0v) is 25.4. The van der Waals surface area contributed by atoms with E-state index in [1.807, 2.05) is 0 Å². The molecule has 0 atom stereocenters. The van der Waals surface area contributed by atoms with Gasteiger partial charge >= 0.3 is 0 Å². The summed E-state index contributed by atoms with van der Waals surface area (Å²) in [4.78, 5) is 2.47. The van der Waals surface area contributed by atoms with Gasteiger partial charge in [-0.2, -0.15) is 0 Å². The normalized spacial score (nSPS) is 13.7. The van der Waals surface area contributed by atoms with Crippen LogP contribution in [0.2, 0.25) is 0 Å². The van der Waals surface area contributed by atoms with Crippen LogP contribution >= 0.6 is 0 Å².